The minimum absolute atomic E-state index is 0.160. The van der Waals surface area contributed by atoms with Crippen LogP contribution in [0.5, 0.6) is 0 Å². The summed E-state index contributed by atoms with van der Waals surface area (Å²) in [5.74, 6) is -0.554. The number of hydrogen-bond acceptors (Lipinski definition) is 3. The molecule has 1 aromatic carbocycles. The Kier molecular flexibility index (Phi) is 6.22. The summed E-state index contributed by atoms with van der Waals surface area (Å²) in [6.07, 6.45) is 0.569. The standard InChI is InChI=1S/C16H23NO3/c1-11(2)10-14(16(19)20-4)17-15(18)12(3)13-8-6-5-7-9-13/h5-9,11-12,14H,10H2,1-4H3,(H,17,18)/t12-,14+/m1/s1. The predicted molar refractivity (Wildman–Crippen MR) is 78.3 cm³/mol. The summed E-state index contributed by atoms with van der Waals surface area (Å²) in [4.78, 5) is 23.9. The summed E-state index contributed by atoms with van der Waals surface area (Å²) in [5.41, 5.74) is 0.929. The average molecular weight is 277 g/mol. The van der Waals surface area contributed by atoms with Crippen LogP contribution in [0.25, 0.3) is 0 Å². The number of esters is 1. The van der Waals surface area contributed by atoms with E-state index in [4.69, 9.17) is 4.74 Å². The molecule has 110 valence electrons. The van der Waals surface area contributed by atoms with Gasteiger partial charge in [-0.2, -0.15) is 0 Å². The monoisotopic (exact) mass is 277 g/mol. The number of amides is 1. The van der Waals surface area contributed by atoms with Gasteiger partial charge in [0.2, 0.25) is 5.91 Å². The van der Waals surface area contributed by atoms with E-state index in [9.17, 15) is 9.59 Å². The second kappa shape index (κ2) is 7.68. The van der Waals surface area contributed by atoms with Gasteiger partial charge in [-0.05, 0) is 24.8 Å². The summed E-state index contributed by atoms with van der Waals surface area (Å²) in [7, 11) is 1.34. The Morgan fingerprint density at radius 3 is 2.25 bits per heavy atom. The molecular weight excluding hydrogens is 254 g/mol. The van der Waals surface area contributed by atoms with Gasteiger partial charge in [-0.1, -0.05) is 44.2 Å². The van der Waals surface area contributed by atoms with E-state index >= 15 is 0 Å². The van der Waals surface area contributed by atoms with Crippen molar-refractivity contribution >= 4 is 11.9 Å². The molecule has 2 atom stereocenters. The third-order valence-electron chi connectivity index (χ3n) is 3.20. The summed E-state index contributed by atoms with van der Waals surface area (Å²) in [6.45, 7) is 5.83. The highest BCUT2D eigenvalue weighted by Crippen LogP contribution is 2.16. The highest BCUT2D eigenvalue weighted by molar-refractivity contribution is 5.88. The number of carbonyl (C=O) groups excluding carboxylic acids is 2. The summed E-state index contributed by atoms with van der Waals surface area (Å²) >= 11 is 0. The summed E-state index contributed by atoms with van der Waals surface area (Å²) < 4.78 is 4.75. The number of hydrogen-bond donors (Lipinski definition) is 1. The second-order valence-corrected chi connectivity index (χ2v) is 5.35. The first-order valence-corrected chi connectivity index (χ1v) is 6.88. The lowest BCUT2D eigenvalue weighted by molar-refractivity contribution is -0.145. The Morgan fingerprint density at radius 2 is 1.75 bits per heavy atom. The highest BCUT2D eigenvalue weighted by atomic mass is 16.5. The molecule has 0 unspecified atom stereocenters. The Balaban J connectivity index is 2.72. The van der Waals surface area contributed by atoms with E-state index in [1.807, 2.05) is 51.1 Å². The first-order valence-electron chi connectivity index (χ1n) is 6.88. The molecule has 0 heterocycles. The maximum absolute atomic E-state index is 12.2. The fraction of sp³-hybridized carbons (Fsp3) is 0.500. The molecule has 4 nitrogen and oxygen atoms in total. The zero-order chi connectivity index (χ0) is 15.1. The molecular formula is C16H23NO3. The van der Waals surface area contributed by atoms with Gasteiger partial charge in [-0.15, -0.1) is 0 Å². The van der Waals surface area contributed by atoms with Crippen molar-refractivity contribution in [3.8, 4) is 0 Å². The normalized spacial score (nSPS) is 13.7. The minimum atomic E-state index is -0.585. The Hall–Kier alpha value is -1.84. The third-order valence-corrected chi connectivity index (χ3v) is 3.20. The van der Waals surface area contributed by atoms with E-state index in [2.05, 4.69) is 5.32 Å². The minimum Gasteiger partial charge on any atom is -0.467 e. The van der Waals surface area contributed by atoms with Gasteiger partial charge < -0.3 is 10.1 Å². The van der Waals surface area contributed by atoms with Crippen LogP contribution in [0, 0.1) is 5.92 Å². The number of benzene rings is 1. The van der Waals surface area contributed by atoms with Gasteiger partial charge >= 0.3 is 5.97 Å². The van der Waals surface area contributed by atoms with Crippen molar-refractivity contribution < 1.29 is 14.3 Å². The Morgan fingerprint density at radius 1 is 1.15 bits per heavy atom. The van der Waals surface area contributed by atoms with Crippen molar-refractivity contribution in [3.05, 3.63) is 35.9 Å². The smallest absolute Gasteiger partial charge is 0.328 e. The molecule has 0 radical (unpaired) electrons. The predicted octanol–water partition coefficient (Wildman–Crippen LogP) is 2.49. The lowest BCUT2D eigenvalue weighted by Gasteiger charge is -2.20. The van der Waals surface area contributed by atoms with E-state index in [1.54, 1.807) is 0 Å². The van der Waals surface area contributed by atoms with Crippen molar-refractivity contribution in [1.82, 2.24) is 5.32 Å². The molecule has 0 saturated heterocycles. The van der Waals surface area contributed by atoms with Crippen LogP contribution in [0.15, 0.2) is 30.3 Å². The Labute approximate surface area is 120 Å². The second-order valence-electron chi connectivity index (χ2n) is 5.35. The molecule has 4 heteroatoms. The van der Waals surface area contributed by atoms with Crippen LogP contribution >= 0.6 is 0 Å². The maximum Gasteiger partial charge on any atom is 0.328 e. The van der Waals surface area contributed by atoms with Gasteiger partial charge in [-0.25, -0.2) is 4.79 Å². The van der Waals surface area contributed by atoms with E-state index in [0.29, 0.717) is 12.3 Å². The maximum atomic E-state index is 12.2. The number of carbonyl (C=O) groups is 2. The molecule has 0 bridgehead atoms. The largest absolute Gasteiger partial charge is 0.467 e. The average Bonchev–Trinajstić information content (AvgIpc) is 2.45. The molecule has 0 aliphatic carbocycles. The number of ether oxygens (including phenoxy) is 1. The van der Waals surface area contributed by atoms with E-state index in [-0.39, 0.29) is 11.8 Å². The van der Waals surface area contributed by atoms with Crippen LogP contribution in [0.3, 0.4) is 0 Å². The van der Waals surface area contributed by atoms with Crippen LogP contribution < -0.4 is 5.32 Å². The van der Waals surface area contributed by atoms with Crippen molar-refractivity contribution in [3.63, 3.8) is 0 Å². The molecule has 1 N–H and O–H groups in total. The van der Waals surface area contributed by atoms with Crippen molar-refractivity contribution in [2.75, 3.05) is 7.11 Å². The van der Waals surface area contributed by atoms with E-state index in [0.717, 1.165) is 5.56 Å². The quantitative estimate of drug-likeness (QED) is 0.813. The van der Waals surface area contributed by atoms with Gasteiger partial charge in [0.1, 0.15) is 6.04 Å². The van der Waals surface area contributed by atoms with E-state index in [1.165, 1.54) is 7.11 Å². The van der Waals surface area contributed by atoms with E-state index < -0.39 is 12.0 Å². The lowest BCUT2D eigenvalue weighted by Crippen LogP contribution is -2.44. The first-order chi connectivity index (χ1) is 9.45. The van der Waals surface area contributed by atoms with Crippen LogP contribution in [-0.2, 0) is 14.3 Å². The van der Waals surface area contributed by atoms with Crippen molar-refractivity contribution in [1.29, 1.82) is 0 Å². The summed E-state index contributed by atoms with van der Waals surface area (Å²) in [5, 5.41) is 2.78. The van der Waals surface area contributed by atoms with Gasteiger partial charge in [0, 0.05) is 0 Å². The molecule has 20 heavy (non-hydrogen) atoms. The fourth-order valence-electron chi connectivity index (χ4n) is 2.02. The molecule has 0 aliphatic rings. The number of nitrogens with one attached hydrogen (secondary N) is 1. The molecule has 1 rings (SSSR count). The SMILES string of the molecule is COC(=O)[C@H](CC(C)C)NC(=O)[C@H](C)c1ccccc1. The van der Waals surface area contributed by atoms with Gasteiger partial charge in [0.05, 0.1) is 13.0 Å². The number of rotatable bonds is 6. The molecule has 0 aliphatic heterocycles. The number of methoxy groups -OCH3 is 1. The van der Waals surface area contributed by atoms with Gasteiger partial charge in [0.25, 0.3) is 0 Å². The highest BCUT2D eigenvalue weighted by Gasteiger charge is 2.25. The van der Waals surface area contributed by atoms with Crippen molar-refractivity contribution in [2.45, 2.75) is 39.2 Å². The molecule has 1 amide bonds. The molecule has 0 spiro atoms. The lowest BCUT2D eigenvalue weighted by atomic mass is 9.98. The van der Waals surface area contributed by atoms with Crippen LogP contribution in [0.2, 0.25) is 0 Å². The Bertz CT molecular complexity index is 442. The first kappa shape index (κ1) is 16.2. The zero-order valence-corrected chi connectivity index (χ0v) is 12.6. The van der Waals surface area contributed by atoms with Crippen molar-refractivity contribution in [2.24, 2.45) is 5.92 Å². The topological polar surface area (TPSA) is 55.4 Å². The summed E-state index contributed by atoms with van der Waals surface area (Å²) in [6, 6.07) is 8.92. The molecule has 0 fully saturated rings. The molecule has 1 aromatic rings. The van der Waals surface area contributed by atoms with Gasteiger partial charge in [0.15, 0.2) is 0 Å². The van der Waals surface area contributed by atoms with Gasteiger partial charge in [-0.3, -0.25) is 4.79 Å². The third kappa shape index (κ3) is 4.68. The molecule has 0 aromatic heterocycles. The molecule has 0 saturated carbocycles. The fourth-order valence-corrected chi connectivity index (χ4v) is 2.02. The van der Waals surface area contributed by atoms with Crippen LogP contribution in [-0.4, -0.2) is 25.0 Å². The van der Waals surface area contributed by atoms with Crippen LogP contribution in [0.4, 0.5) is 0 Å². The van der Waals surface area contributed by atoms with Crippen LogP contribution in [0.1, 0.15) is 38.7 Å². The zero-order valence-electron chi connectivity index (χ0n) is 12.6.